The number of hydrogen-bond donors (Lipinski definition) is 0. The number of amides is 1. The van der Waals surface area contributed by atoms with Crippen molar-refractivity contribution in [3.05, 3.63) is 59.2 Å². The summed E-state index contributed by atoms with van der Waals surface area (Å²) < 4.78 is 10.8. The Kier molecular flexibility index (Phi) is 4.73. The Morgan fingerprint density at radius 2 is 1.74 bits per heavy atom. The average molecular weight is 363 g/mol. The third-order valence-electron chi connectivity index (χ3n) is 4.56. The molecule has 6 heteroatoms. The molecule has 0 aliphatic carbocycles. The van der Waals surface area contributed by atoms with Crippen molar-refractivity contribution in [3.63, 3.8) is 0 Å². The van der Waals surface area contributed by atoms with E-state index >= 15 is 0 Å². The molecule has 0 N–H and O–H groups in total. The zero-order valence-electron chi connectivity index (χ0n) is 15.4. The second kappa shape index (κ2) is 7.32. The lowest BCUT2D eigenvalue weighted by atomic mass is 10.1. The molecule has 0 saturated carbocycles. The molecule has 0 unspecified atom stereocenters. The number of aromatic nitrogens is 2. The molecule has 0 bridgehead atoms. The Labute approximate surface area is 157 Å². The van der Waals surface area contributed by atoms with Crippen LogP contribution in [0.5, 0.6) is 0 Å². The predicted octanol–water partition coefficient (Wildman–Crippen LogP) is 3.49. The lowest BCUT2D eigenvalue weighted by Crippen LogP contribution is -2.40. The number of benzene rings is 2. The van der Waals surface area contributed by atoms with Gasteiger partial charge in [-0.15, -0.1) is 0 Å². The third-order valence-corrected chi connectivity index (χ3v) is 4.56. The first-order valence-corrected chi connectivity index (χ1v) is 9.00. The highest BCUT2D eigenvalue weighted by molar-refractivity contribution is 5.95. The summed E-state index contributed by atoms with van der Waals surface area (Å²) >= 11 is 0. The molecule has 0 atom stereocenters. The molecule has 6 nitrogen and oxygen atoms in total. The van der Waals surface area contributed by atoms with Crippen LogP contribution in [0.2, 0.25) is 0 Å². The maximum Gasteiger partial charge on any atom is 0.258 e. The highest BCUT2D eigenvalue weighted by Crippen LogP contribution is 2.25. The van der Waals surface area contributed by atoms with Crippen molar-refractivity contribution in [3.8, 4) is 22.8 Å². The van der Waals surface area contributed by atoms with Gasteiger partial charge in [-0.3, -0.25) is 4.79 Å². The maximum absolute atomic E-state index is 12.7. The van der Waals surface area contributed by atoms with Crippen LogP contribution in [0, 0.1) is 13.8 Å². The lowest BCUT2D eigenvalue weighted by Gasteiger charge is -2.26. The largest absolute Gasteiger partial charge is 0.378 e. The first-order valence-electron chi connectivity index (χ1n) is 9.00. The molecule has 1 aliphatic heterocycles. The minimum atomic E-state index is -0.00169. The number of nitrogens with zero attached hydrogens (tertiary/aromatic N) is 3. The molecule has 1 amide bonds. The molecule has 1 aromatic heterocycles. The minimum absolute atomic E-state index is 0.00169. The fourth-order valence-corrected chi connectivity index (χ4v) is 3.30. The molecule has 138 valence electrons. The number of carbonyl (C=O) groups is 1. The Bertz CT molecular complexity index is 954. The number of carbonyl (C=O) groups excluding carboxylic acids is 1. The van der Waals surface area contributed by atoms with Crippen LogP contribution in [0.25, 0.3) is 22.8 Å². The molecule has 2 heterocycles. The number of aryl methyl sites for hydroxylation is 2. The summed E-state index contributed by atoms with van der Waals surface area (Å²) in [4.78, 5) is 19.0. The van der Waals surface area contributed by atoms with Crippen LogP contribution in [0.15, 0.2) is 47.0 Å². The van der Waals surface area contributed by atoms with Gasteiger partial charge in [0.15, 0.2) is 0 Å². The van der Waals surface area contributed by atoms with Gasteiger partial charge in [-0.2, -0.15) is 4.98 Å². The quantitative estimate of drug-likeness (QED) is 0.712. The van der Waals surface area contributed by atoms with Crippen molar-refractivity contribution in [2.24, 2.45) is 0 Å². The Morgan fingerprint density at radius 3 is 2.48 bits per heavy atom. The lowest BCUT2D eigenvalue weighted by molar-refractivity contribution is 0.0303. The average Bonchev–Trinajstić information content (AvgIpc) is 3.18. The van der Waals surface area contributed by atoms with E-state index in [0.717, 1.165) is 22.3 Å². The monoisotopic (exact) mass is 363 g/mol. The van der Waals surface area contributed by atoms with E-state index in [1.165, 1.54) is 0 Å². The van der Waals surface area contributed by atoms with E-state index in [4.69, 9.17) is 9.26 Å². The van der Waals surface area contributed by atoms with Gasteiger partial charge in [0.1, 0.15) is 0 Å². The van der Waals surface area contributed by atoms with Crippen molar-refractivity contribution in [1.82, 2.24) is 15.0 Å². The van der Waals surface area contributed by atoms with E-state index in [2.05, 4.69) is 16.2 Å². The fourth-order valence-electron chi connectivity index (χ4n) is 3.30. The van der Waals surface area contributed by atoms with E-state index in [1.54, 1.807) is 4.90 Å². The highest BCUT2D eigenvalue weighted by atomic mass is 16.5. The molecule has 27 heavy (non-hydrogen) atoms. The van der Waals surface area contributed by atoms with Gasteiger partial charge in [0.25, 0.3) is 11.8 Å². The summed E-state index contributed by atoms with van der Waals surface area (Å²) in [7, 11) is 0. The molecule has 0 spiro atoms. The fraction of sp³-hybridized carbons (Fsp3) is 0.286. The van der Waals surface area contributed by atoms with Crippen LogP contribution < -0.4 is 0 Å². The van der Waals surface area contributed by atoms with Gasteiger partial charge >= 0.3 is 0 Å². The summed E-state index contributed by atoms with van der Waals surface area (Å²) in [6.45, 7) is 6.46. The zero-order chi connectivity index (χ0) is 18.8. The highest BCUT2D eigenvalue weighted by Gasteiger charge is 2.19. The van der Waals surface area contributed by atoms with E-state index in [1.807, 2.05) is 50.2 Å². The van der Waals surface area contributed by atoms with Crippen molar-refractivity contribution in [2.45, 2.75) is 13.8 Å². The number of rotatable bonds is 3. The summed E-state index contributed by atoms with van der Waals surface area (Å²) in [6, 6.07) is 13.5. The smallest absolute Gasteiger partial charge is 0.258 e. The summed E-state index contributed by atoms with van der Waals surface area (Å²) in [5, 5.41) is 4.10. The van der Waals surface area contributed by atoms with Gasteiger partial charge < -0.3 is 14.2 Å². The Morgan fingerprint density at radius 1 is 1.00 bits per heavy atom. The standard InChI is InChI=1S/C21H21N3O3/c1-14-10-15(2)12-18(11-14)20-22-19(23-27-20)16-4-3-5-17(13-16)21(25)24-6-8-26-9-7-24/h3-5,10-13H,6-9H2,1-2H3. The summed E-state index contributed by atoms with van der Waals surface area (Å²) in [6.07, 6.45) is 0. The molecule has 1 fully saturated rings. The van der Waals surface area contributed by atoms with Crippen LogP contribution >= 0.6 is 0 Å². The third kappa shape index (κ3) is 3.75. The van der Waals surface area contributed by atoms with Crippen molar-refractivity contribution in [1.29, 1.82) is 0 Å². The first kappa shape index (κ1) is 17.4. The molecule has 3 aromatic rings. The first-order chi connectivity index (χ1) is 13.1. The number of ether oxygens (including phenoxy) is 1. The second-order valence-corrected chi connectivity index (χ2v) is 6.78. The van der Waals surface area contributed by atoms with Crippen molar-refractivity contribution in [2.75, 3.05) is 26.3 Å². The molecule has 0 radical (unpaired) electrons. The molecule has 1 saturated heterocycles. The Balaban J connectivity index is 1.61. The SMILES string of the molecule is Cc1cc(C)cc(-c2nc(-c3cccc(C(=O)N4CCOCC4)c3)no2)c1. The van der Waals surface area contributed by atoms with Gasteiger partial charge in [-0.05, 0) is 38.1 Å². The molecule has 2 aromatic carbocycles. The van der Waals surface area contributed by atoms with Crippen LogP contribution in [0.1, 0.15) is 21.5 Å². The minimum Gasteiger partial charge on any atom is -0.378 e. The predicted molar refractivity (Wildman–Crippen MR) is 101 cm³/mol. The topological polar surface area (TPSA) is 68.5 Å². The molecule has 4 rings (SSSR count). The molecule has 1 aliphatic rings. The van der Waals surface area contributed by atoms with Crippen LogP contribution in [0.3, 0.4) is 0 Å². The van der Waals surface area contributed by atoms with Gasteiger partial charge in [-0.1, -0.05) is 34.5 Å². The zero-order valence-corrected chi connectivity index (χ0v) is 15.4. The van der Waals surface area contributed by atoms with E-state index < -0.39 is 0 Å². The number of hydrogen-bond acceptors (Lipinski definition) is 5. The summed E-state index contributed by atoms with van der Waals surface area (Å²) in [5.41, 5.74) is 4.55. The van der Waals surface area contributed by atoms with Gasteiger partial charge in [0, 0.05) is 29.8 Å². The van der Waals surface area contributed by atoms with E-state index in [0.29, 0.717) is 43.6 Å². The van der Waals surface area contributed by atoms with Gasteiger partial charge in [0.05, 0.1) is 13.2 Å². The molecular formula is C21H21N3O3. The van der Waals surface area contributed by atoms with Crippen LogP contribution in [-0.2, 0) is 4.74 Å². The Hall–Kier alpha value is -2.99. The number of morpholine rings is 1. The second-order valence-electron chi connectivity index (χ2n) is 6.78. The van der Waals surface area contributed by atoms with E-state index in [9.17, 15) is 4.79 Å². The van der Waals surface area contributed by atoms with Crippen molar-refractivity contribution < 1.29 is 14.1 Å². The van der Waals surface area contributed by atoms with Crippen LogP contribution in [-0.4, -0.2) is 47.3 Å². The van der Waals surface area contributed by atoms with Crippen molar-refractivity contribution >= 4 is 5.91 Å². The maximum atomic E-state index is 12.7. The molecular weight excluding hydrogens is 342 g/mol. The van der Waals surface area contributed by atoms with Crippen LogP contribution in [0.4, 0.5) is 0 Å². The van der Waals surface area contributed by atoms with Gasteiger partial charge in [0.2, 0.25) is 5.82 Å². The van der Waals surface area contributed by atoms with E-state index in [-0.39, 0.29) is 5.91 Å². The normalized spacial score (nSPS) is 14.4. The summed E-state index contributed by atoms with van der Waals surface area (Å²) in [5.74, 6) is 0.945. The van der Waals surface area contributed by atoms with Gasteiger partial charge in [-0.25, -0.2) is 0 Å².